The Bertz CT molecular complexity index is 1510. The minimum atomic E-state index is -0.109. The van der Waals surface area contributed by atoms with Gasteiger partial charge in [0.05, 0.1) is 12.7 Å². The lowest BCUT2D eigenvalue weighted by Gasteiger charge is -2.30. The lowest BCUT2D eigenvalue weighted by molar-refractivity contribution is -0.0208. The highest BCUT2D eigenvalue weighted by Crippen LogP contribution is 2.42. The summed E-state index contributed by atoms with van der Waals surface area (Å²) >= 11 is 6.64. The molecule has 7 nitrogen and oxygen atoms in total. The number of benzene rings is 2. The third-order valence-electron chi connectivity index (χ3n) is 7.28. The van der Waals surface area contributed by atoms with Crippen LogP contribution in [0.15, 0.2) is 59.5 Å². The highest BCUT2D eigenvalue weighted by molar-refractivity contribution is 6.33. The van der Waals surface area contributed by atoms with Gasteiger partial charge in [-0.25, -0.2) is 4.98 Å². The van der Waals surface area contributed by atoms with Crippen molar-refractivity contribution in [1.82, 2.24) is 19.4 Å². The molecule has 1 N–H and O–H groups in total. The Morgan fingerprint density at radius 1 is 1.08 bits per heavy atom. The average molecular weight is 516 g/mol. The minimum Gasteiger partial charge on any atom is -0.371 e. The fraction of sp³-hybridized carbons (Fsp3) is 0.345. The standard InChI is InChI=1S/C29H30ClN5O2/c1-3-35-27-21(14-24(28(35)36)23-11-8-20(15-25(23)30)18-4-5-18)16-31-29(33-27)32-22-9-6-19(7-10-22)26-17-34(2)12-13-37-26/h6-11,14-16,18,26H,3-5,12-13,17H2,1-2H3,(H,31,32,33). The van der Waals surface area contributed by atoms with Gasteiger partial charge in [0.1, 0.15) is 5.65 Å². The van der Waals surface area contributed by atoms with Crippen molar-refractivity contribution in [2.24, 2.45) is 0 Å². The Labute approximate surface area is 221 Å². The topological polar surface area (TPSA) is 72.3 Å². The maximum absolute atomic E-state index is 13.5. The Balaban J connectivity index is 1.29. The number of halogens is 1. The molecule has 0 spiro atoms. The van der Waals surface area contributed by atoms with E-state index in [0.29, 0.717) is 34.6 Å². The maximum Gasteiger partial charge on any atom is 0.260 e. The zero-order chi connectivity index (χ0) is 25.5. The van der Waals surface area contributed by atoms with E-state index in [-0.39, 0.29) is 11.7 Å². The highest BCUT2D eigenvalue weighted by atomic mass is 35.5. The SMILES string of the molecule is CCn1c(=O)c(-c2ccc(C3CC3)cc2Cl)cc2cnc(Nc3ccc(C4CN(C)CCO4)cc3)nc21. The Kier molecular flexibility index (Phi) is 6.44. The van der Waals surface area contributed by atoms with E-state index in [2.05, 4.69) is 40.4 Å². The van der Waals surface area contributed by atoms with E-state index in [9.17, 15) is 4.79 Å². The third-order valence-corrected chi connectivity index (χ3v) is 7.60. The van der Waals surface area contributed by atoms with Crippen LogP contribution in [0.25, 0.3) is 22.2 Å². The van der Waals surface area contributed by atoms with Crippen LogP contribution in [0.2, 0.25) is 5.02 Å². The van der Waals surface area contributed by atoms with Crippen LogP contribution in [0.5, 0.6) is 0 Å². The van der Waals surface area contributed by atoms with E-state index in [1.54, 1.807) is 10.8 Å². The summed E-state index contributed by atoms with van der Waals surface area (Å²) in [5.41, 5.74) is 5.06. The lowest BCUT2D eigenvalue weighted by Crippen LogP contribution is -2.35. The van der Waals surface area contributed by atoms with Crippen molar-refractivity contribution in [2.75, 3.05) is 32.1 Å². The monoisotopic (exact) mass is 515 g/mol. The Hall–Kier alpha value is -3.26. The molecule has 1 atom stereocenters. The second-order valence-electron chi connectivity index (χ2n) is 9.96. The molecule has 37 heavy (non-hydrogen) atoms. The number of aryl methyl sites for hydroxylation is 1. The predicted molar refractivity (Wildman–Crippen MR) is 148 cm³/mol. The first-order valence-electron chi connectivity index (χ1n) is 12.9. The molecule has 1 unspecified atom stereocenters. The van der Waals surface area contributed by atoms with Crippen molar-refractivity contribution in [1.29, 1.82) is 0 Å². The van der Waals surface area contributed by atoms with Gasteiger partial charge in [-0.15, -0.1) is 0 Å². The average Bonchev–Trinajstić information content (AvgIpc) is 3.75. The molecule has 0 bridgehead atoms. The van der Waals surface area contributed by atoms with Gasteiger partial charge in [0.2, 0.25) is 5.95 Å². The molecule has 8 heteroatoms. The molecular formula is C29H30ClN5O2. The first-order chi connectivity index (χ1) is 18.0. The molecule has 2 aliphatic rings. The number of hydrogen-bond acceptors (Lipinski definition) is 6. The number of hydrogen-bond donors (Lipinski definition) is 1. The van der Waals surface area contributed by atoms with Crippen LogP contribution in [0.3, 0.4) is 0 Å². The summed E-state index contributed by atoms with van der Waals surface area (Å²) in [4.78, 5) is 25.0. The Morgan fingerprint density at radius 3 is 2.57 bits per heavy atom. The summed E-state index contributed by atoms with van der Waals surface area (Å²) in [5, 5.41) is 4.67. The number of likely N-dealkylation sites (N-methyl/N-ethyl adjacent to an activating group) is 1. The van der Waals surface area contributed by atoms with Gasteiger partial charge in [-0.1, -0.05) is 35.9 Å². The zero-order valence-electron chi connectivity index (χ0n) is 21.1. The zero-order valence-corrected chi connectivity index (χ0v) is 21.8. The van der Waals surface area contributed by atoms with Crippen LogP contribution in [-0.4, -0.2) is 46.2 Å². The number of morpholine rings is 1. The van der Waals surface area contributed by atoms with Crippen molar-refractivity contribution < 1.29 is 4.74 Å². The fourth-order valence-corrected chi connectivity index (χ4v) is 5.31. The van der Waals surface area contributed by atoms with Crippen LogP contribution in [0, 0.1) is 0 Å². The van der Waals surface area contributed by atoms with Crippen LogP contribution in [0.4, 0.5) is 11.6 Å². The molecule has 1 saturated carbocycles. The summed E-state index contributed by atoms with van der Waals surface area (Å²) in [5.74, 6) is 1.04. The molecule has 6 rings (SSSR count). The van der Waals surface area contributed by atoms with E-state index in [1.807, 2.05) is 37.3 Å². The molecule has 4 aromatic rings. The predicted octanol–water partition coefficient (Wildman–Crippen LogP) is 5.76. The molecule has 2 aromatic heterocycles. The van der Waals surface area contributed by atoms with E-state index in [4.69, 9.17) is 21.3 Å². The summed E-state index contributed by atoms with van der Waals surface area (Å²) in [7, 11) is 2.11. The second kappa shape index (κ2) is 9.89. The molecular weight excluding hydrogens is 486 g/mol. The van der Waals surface area contributed by atoms with E-state index >= 15 is 0 Å². The summed E-state index contributed by atoms with van der Waals surface area (Å²) in [6.07, 6.45) is 4.25. The molecule has 1 saturated heterocycles. The Morgan fingerprint density at radius 2 is 1.86 bits per heavy atom. The summed E-state index contributed by atoms with van der Waals surface area (Å²) in [6, 6.07) is 16.1. The lowest BCUT2D eigenvalue weighted by atomic mass is 10.0. The summed E-state index contributed by atoms with van der Waals surface area (Å²) in [6.45, 7) is 5.01. The number of nitrogens with zero attached hydrogens (tertiary/aromatic N) is 4. The van der Waals surface area contributed by atoms with Crippen molar-refractivity contribution in [3.63, 3.8) is 0 Å². The molecule has 0 radical (unpaired) electrons. The van der Waals surface area contributed by atoms with E-state index in [1.165, 1.54) is 18.4 Å². The number of rotatable bonds is 6. The van der Waals surface area contributed by atoms with Crippen molar-refractivity contribution in [3.8, 4) is 11.1 Å². The molecule has 1 aliphatic carbocycles. The van der Waals surface area contributed by atoms with Gasteiger partial charge < -0.3 is 15.0 Å². The number of aromatic nitrogens is 3. The first-order valence-corrected chi connectivity index (χ1v) is 13.3. The second-order valence-corrected chi connectivity index (χ2v) is 10.4. The third kappa shape index (κ3) is 4.87. The number of pyridine rings is 1. The van der Waals surface area contributed by atoms with Gasteiger partial charge in [0.25, 0.3) is 5.56 Å². The molecule has 3 heterocycles. The quantitative estimate of drug-likeness (QED) is 0.352. The minimum absolute atomic E-state index is 0.0799. The van der Waals surface area contributed by atoms with Crippen LogP contribution < -0.4 is 10.9 Å². The first kappa shape index (κ1) is 24.1. The van der Waals surface area contributed by atoms with Crippen molar-refractivity contribution in [3.05, 3.63) is 81.2 Å². The van der Waals surface area contributed by atoms with Gasteiger partial charge in [0.15, 0.2) is 0 Å². The van der Waals surface area contributed by atoms with Gasteiger partial charge >= 0.3 is 0 Å². The van der Waals surface area contributed by atoms with Crippen LogP contribution in [-0.2, 0) is 11.3 Å². The molecule has 0 amide bonds. The van der Waals surface area contributed by atoms with Gasteiger partial charge in [-0.3, -0.25) is 9.36 Å². The number of anilines is 2. The van der Waals surface area contributed by atoms with E-state index in [0.717, 1.165) is 41.9 Å². The maximum atomic E-state index is 13.5. The van der Waals surface area contributed by atoms with Crippen molar-refractivity contribution in [2.45, 2.75) is 38.3 Å². The van der Waals surface area contributed by atoms with Crippen molar-refractivity contribution >= 4 is 34.3 Å². The van der Waals surface area contributed by atoms with Crippen LogP contribution >= 0.6 is 11.6 Å². The van der Waals surface area contributed by atoms with Gasteiger partial charge in [0, 0.05) is 53.1 Å². The van der Waals surface area contributed by atoms with Gasteiger partial charge in [-0.05, 0) is 68.1 Å². The highest BCUT2D eigenvalue weighted by Gasteiger charge is 2.25. The number of ether oxygens (including phenoxy) is 1. The van der Waals surface area contributed by atoms with Gasteiger partial charge in [-0.2, -0.15) is 4.98 Å². The summed E-state index contributed by atoms with van der Waals surface area (Å²) < 4.78 is 7.60. The molecule has 190 valence electrons. The smallest absolute Gasteiger partial charge is 0.260 e. The largest absolute Gasteiger partial charge is 0.371 e. The normalized spacial score (nSPS) is 18.3. The van der Waals surface area contributed by atoms with Crippen LogP contribution in [0.1, 0.15) is 42.9 Å². The fourth-order valence-electron chi connectivity index (χ4n) is 5.02. The number of nitrogens with one attached hydrogen (secondary N) is 1. The number of fused-ring (bicyclic) bond motifs is 1. The molecule has 2 fully saturated rings. The van der Waals surface area contributed by atoms with E-state index < -0.39 is 0 Å². The molecule has 2 aromatic carbocycles. The molecule has 1 aliphatic heterocycles.